The molecule has 1 aliphatic carbocycles. The first-order valence-electron chi connectivity index (χ1n) is 7.89. The Morgan fingerprint density at radius 1 is 1.30 bits per heavy atom. The molecule has 0 aromatic heterocycles. The Morgan fingerprint density at radius 2 is 2.00 bits per heavy atom. The lowest BCUT2D eigenvalue weighted by Gasteiger charge is -2.33. The van der Waals surface area contributed by atoms with Crippen LogP contribution in [-0.2, 0) is 6.42 Å². The van der Waals surface area contributed by atoms with E-state index in [1.807, 2.05) is 18.2 Å². The predicted octanol–water partition coefficient (Wildman–Crippen LogP) is 2.04. The number of aliphatic hydroxyl groups excluding tert-OH is 1. The number of nitrogens with zero attached hydrogens (tertiary/aromatic N) is 1. The smallest absolute Gasteiger partial charge is 0.0820 e. The molecule has 2 rings (SSSR count). The van der Waals surface area contributed by atoms with Crippen LogP contribution in [0.25, 0.3) is 0 Å². The van der Waals surface area contributed by atoms with Gasteiger partial charge in [-0.15, -0.1) is 0 Å². The van der Waals surface area contributed by atoms with Gasteiger partial charge in [-0.3, -0.25) is 0 Å². The van der Waals surface area contributed by atoms with Crippen LogP contribution in [0.5, 0.6) is 0 Å². The van der Waals surface area contributed by atoms with Crippen molar-refractivity contribution in [2.45, 2.75) is 44.8 Å². The third-order valence-corrected chi connectivity index (χ3v) is 4.44. The van der Waals surface area contributed by atoms with Gasteiger partial charge >= 0.3 is 0 Å². The number of hydrogen-bond donors (Lipinski definition) is 2. The van der Waals surface area contributed by atoms with E-state index in [-0.39, 0.29) is 6.04 Å². The van der Waals surface area contributed by atoms with E-state index in [0.29, 0.717) is 6.54 Å². The second kappa shape index (κ2) is 7.77. The number of rotatable bonds is 8. The molecule has 0 bridgehead atoms. The van der Waals surface area contributed by atoms with Gasteiger partial charge in [0.25, 0.3) is 0 Å². The first kappa shape index (κ1) is 15.5. The number of benzene rings is 1. The van der Waals surface area contributed by atoms with Crippen molar-refractivity contribution in [2.24, 2.45) is 11.7 Å². The van der Waals surface area contributed by atoms with Crippen LogP contribution >= 0.6 is 0 Å². The molecule has 20 heavy (non-hydrogen) atoms. The summed E-state index contributed by atoms with van der Waals surface area (Å²) in [6.45, 7) is 4.96. The highest BCUT2D eigenvalue weighted by atomic mass is 16.3. The Kier molecular flexibility index (Phi) is 6.02. The first-order valence-corrected chi connectivity index (χ1v) is 7.89. The Balaban J connectivity index is 1.78. The molecule has 1 aromatic carbocycles. The zero-order valence-electron chi connectivity index (χ0n) is 12.5. The average molecular weight is 276 g/mol. The standard InChI is InChI=1S/C17H28N2O/c1-2-19(12-15-9-6-10-15)13-17(20)16(18)11-14-7-4-3-5-8-14/h3-5,7-8,15-17,20H,2,6,9-13,18H2,1H3. The van der Waals surface area contributed by atoms with Crippen molar-refractivity contribution < 1.29 is 5.11 Å². The van der Waals surface area contributed by atoms with Gasteiger partial charge in [-0.05, 0) is 37.3 Å². The molecule has 0 heterocycles. The van der Waals surface area contributed by atoms with Crippen molar-refractivity contribution in [3.05, 3.63) is 35.9 Å². The molecular formula is C17H28N2O. The maximum atomic E-state index is 10.3. The van der Waals surface area contributed by atoms with E-state index in [1.54, 1.807) is 0 Å². The topological polar surface area (TPSA) is 49.5 Å². The average Bonchev–Trinajstić information content (AvgIpc) is 2.42. The molecule has 0 aliphatic heterocycles. The molecule has 0 radical (unpaired) electrons. The van der Waals surface area contributed by atoms with E-state index in [2.05, 4.69) is 24.0 Å². The summed E-state index contributed by atoms with van der Waals surface area (Å²) in [5, 5.41) is 10.3. The van der Waals surface area contributed by atoms with Crippen molar-refractivity contribution >= 4 is 0 Å². The molecule has 112 valence electrons. The summed E-state index contributed by atoms with van der Waals surface area (Å²) in [6, 6.07) is 9.99. The lowest BCUT2D eigenvalue weighted by atomic mass is 9.85. The maximum absolute atomic E-state index is 10.3. The molecule has 1 saturated carbocycles. The van der Waals surface area contributed by atoms with Crippen molar-refractivity contribution in [2.75, 3.05) is 19.6 Å². The zero-order valence-corrected chi connectivity index (χ0v) is 12.5. The van der Waals surface area contributed by atoms with Crippen LogP contribution in [0.15, 0.2) is 30.3 Å². The van der Waals surface area contributed by atoms with Crippen LogP contribution in [0, 0.1) is 5.92 Å². The predicted molar refractivity (Wildman–Crippen MR) is 83.6 cm³/mol. The fourth-order valence-electron chi connectivity index (χ4n) is 2.80. The molecule has 2 unspecified atom stereocenters. The Labute approximate surface area is 122 Å². The van der Waals surface area contributed by atoms with E-state index in [4.69, 9.17) is 5.73 Å². The van der Waals surface area contributed by atoms with Crippen molar-refractivity contribution in [1.82, 2.24) is 4.90 Å². The van der Waals surface area contributed by atoms with Crippen LogP contribution in [0.1, 0.15) is 31.7 Å². The minimum atomic E-state index is -0.449. The molecular weight excluding hydrogens is 248 g/mol. The molecule has 0 amide bonds. The largest absolute Gasteiger partial charge is 0.390 e. The highest BCUT2D eigenvalue weighted by molar-refractivity contribution is 5.16. The highest BCUT2D eigenvalue weighted by Crippen LogP contribution is 2.27. The number of aliphatic hydroxyl groups is 1. The summed E-state index contributed by atoms with van der Waals surface area (Å²) in [5.41, 5.74) is 7.35. The normalized spacial score (nSPS) is 18.8. The van der Waals surface area contributed by atoms with E-state index in [9.17, 15) is 5.11 Å². The molecule has 1 fully saturated rings. The fourth-order valence-corrected chi connectivity index (χ4v) is 2.80. The van der Waals surface area contributed by atoms with Gasteiger partial charge in [0.05, 0.1) is 6.10 Å². The summed E-state index contributed by atoms with van der Waals surface area (Å²) in [5.74, 6) is 0.840. The zero-order chi connectivity index (χ0) is 14.4. The monoisotopic (exact) mass is 276 g/mol. The second-order valence-electron chi connectivity index (χ2n) is 6.07. The molecule has 3 nitrogen and oxygen atoms in total. The minimum Gasteiger partial charge on any atom is -0.390 e. The minimum absolute atomic E-state index is 0.187. The van der Waals surface area contributed by atoms with Crippen molar-refractivity contribution in [3.8, 4) is 0 Å². The van der Waals surface area contributed by atoms with Gasteiger partial charge in [0, 0.05) is 19.1 Å². The second-order valence-corrected chi connectivity index (χ2v) is 6.07. The summed E-state index contributed by atoms with van der Waals surface area (Å²) in [7, 11) is 0. The Bertz CT molecular complexity index is 378. The van der Waals surface area contributed by atoms with Gasteiger partial charge in [0.15, 0.2) is 0 Å². The van der Waals surface area contributed by atoms with Gasteiger partial charge in [-0.1, -0.05) is 43.7 Å². The lowest BCUT2D eigenvalue weighted by molar-refractivity contribution is 0.0768. The summed E-state index contributed by atoms with van der Waals surface area (Å²) >= 11 is 0. The van der Waals surface area contributed by atoms with Gasteiger partial charge in [-0.25, -0.2) is 0 Å². The molecule has 0 spiro atoms. The summed E-state index contributed by atoms with van der Waals surface area (Å²) in [6.07, 6.45) is 4.36. The molecule has 1 aliphatic rings. The van der Waals surface area contributed by atoms with Crippen LogP contribution in [0.2, 0.25) is 0 Å². The quantitative estimate of drug-likeness (QED) is 0.764. The van der Waals surface area contributed by atoms with E-state index in [0.717, 1.165) is 25.4 Å². The van der Waals surface area contributed by atoms with Crippen LogP contribution in [-0.4, -0.2) is 41.8 Å². The summed E-state index contributed by atoms with van der Waals surface area (Å²) in [4.78, 5) is 2.35. The number of likely N-dealkylation sites (N-methyl/N-ethyl adjacent to an activating group) is 1. The van der Waals surface area contributed by atoms with Crippen molar-refractivity contribution in [1.29, 1.82) is 0 Å². The number of nitrogens with two attached hydrogens (primary N) is 1. The van der Waals surface area contributed by atoms with Crippen LogP contribution in [0.4, 0.5) is 0 Å². The van der Waals surface area contributed by atoms with Crippen LogP contribution < -0.4 is 5.73 Å². The van der Waals surface area contributed by atoms with Gasteiger partial charge in [-0.2, -0.15) is 0 Å². The Hall–Kier alpha value is -0.900. The van der Waals surface area contributed by atoms with Gasteiger partial charge in [0.2, 0.25) is 0 Å². The SMILES string of the molecule is CCN(CC1CCC1)CC(O)C(N)Cc1ccccc1. The fraction of sp³-hybridized carbons (Fsp3) is 0.647. The molecule has 3 heteroatoms. The van der Waals surface area contributed by atoms with E-state index < -0.39 is 6.10 Å². The molecule has 0 saturated heterocycles. The molecule has 3 N–H and O–H groups in total. The lowest BCUT2D eigenvalue weighted by Crippen LogP contribution is -2.46. The van der Waals surface area contributed by atoms with Crippen LogP contribution in [0.3, 0.4) is 0 Å². The van der Waals surface area contributed by atoms with E-state index >= 15 is 0 Å². The van der Waals surface area contributed by atoms with Gasteiger partial charge < -0.3 is 15.7 Å². The summed E-state index contributed by atoms with van der Waals surface area (Å²) < 4.78 is 0. The first-order chi connectivity index (χ1) is 9.69. The van der Waals surface area contributed by atoms with Crippen molar-refractivity contribution in [3.63, 3.8) is 0 Å². The maximum Gasteiger partial charge on any atom is 0.0820 e. The highest BCUT2D eigenvalue weighted by Gasteiger charge is 2.23. The van der Waals surface area contributed by atoms with E-state index in [1.165, 1.54) is 24.8 Å². The van der Waals surface area contributed by atoms with Gasteiger partial charge in [0.1, 0.15) is 0 Å². The third kappa shape index (κ3) is 4.58. The third-order valence-electron chi connectivity index (χ3n) is 4.44. The molecule has 2 atom stereocenters. The number of hydrogen-bond acceptors (Lipinski definition) is 3. The molecule has 1 aromatic rings. The Morgan fingerprint density at radius 3 is 2.55 bits per heavy atom.